The minimum Gasteiger partial charge on any atom is -0.308 e. The number of para-hydroxylation sites is 2. The van der Waals surface area contributed by atoms with Gasteiger partial charge in [0.25, 0.3) is 11.8 Å². The minimum atomic E-state index is -0.327. The van der Waals surface area contributed by atoms with Crippen molar-refractivity contribution in [3.05, 3.63) is 151 Å². The Bertz CT molecular complexity index is 2180. The fourth-order valence-electron chi connectivity index (χ4n) is 6.15. The zero-order chi connectivity index (χ0) is 28.2. The van der Waals surface area contributed by atoms with E-state index in [-0.39, 0.29) is 11.8 Å². The van der Waals surface area contributed by atoms with Gasteiger partial charge in [0.1, 0.15) is 0 Å². The molecule has 0 saturated heterocycles. The SMILES string of the molecule is O=C1c2cccc(-n3c4ccccc4c4cc(-c5cccnc5)ccc43)c2C(=O)N1c1ccccc1-c1ccccc1. The highest BCUT2D eigenvalue weighted by atomic mass is 16.2. The second-order valence-electron chi connectivity index (χ2n) is 10.4. The predicted molar refractivity (Wildman–Crippen MR) is 167 cm³/mol. The molecule has 198 valence electrons. The Balaban J connectivity index is 1.33. The number of carbonyl (C=O) groups is 2. The summed E-state index contributed by atoms with van der Waals surface area (Å²) in [5.41, 5.74) is 7.86. The normalized spacial score (nSPS) is 12.8. The predicted octanol–water partition coefficient (Wildman–Crippen LogP) is 8.31. The van der Waals surface area contributed by atoms with Crippen LogP contribution < -0.4 is 4.90 Å². The van der Waals surface area contributed by atoms with Crippen molar-refractivity contribution in [3.8, 4) is 27.9 Å². The Kier molecular flexibility index (Phi) is 5.37. The Labute approximate surface area is 241 Å². The van der Waals surface area contributed by atoms with Gasteiger partial charge in [0.2, 0.25) is 0 Å². The van der Waals surface area contributed by atoms with Crippen LogP contribution in [0.3, 0.4) is 0 Å². The maximum Gasteiger partial charge on any atom is 0.268 e. The van der Waals surface area contributed by atoms with E-state index in [0.717, 1.165) is 44.1 Å². The van der Waals surface area contributed by atoms with E-state index in [0.29, 0.717) is 22.5 Å². The maximum atomic E-state index is 14.3. The number of anilines is 1. The van der Waals surface area contributed by atoms with E-state index in [1.165, 1.54) is 4.90 Å². The molecule has 0 aliphatic carbocycles. The molecule has 2 aromatic heterocycles. The largest absolute Gasteiger partial charge is 0.308 e. The Morgan fingerprint density at radius 2 is 1.21 bits per heavy atom. The van der Waals surface area contributed by atoms with Crippen molar-refractivity contribution < 1.29 is 9.59 Å². The van der Waals surface area contributed by atoms with Gasteiger partial charge in [-0.3, -0.25) is 14.6 Å². The van der Waals surface area contributed by atoms with Gasteiger partial charge in [-0.2, -0.15) is 0 Å². The summed E-state index contributed by atoms with van der Waals surface area (Å²) in [7, 11) is 0. The van der Waals surface area contributed by atoms with Crippen LogP contribution in [0.25, 0.3) is 49.7 Å². The molecule has 0 bridgehead atoms. The Morgan fingerprint density at radius 3 is 2.07 bits per heavy atom. The standard InChI is InChI=1S/C37H23N3O2/c41-36-29-15-8-18-34(35(29)37(42)40(36)31-16-6-4-13-27(31)24-10-2-1-3-11-24)39-32-17-7-5-14-28(32)30-22-25(19-20-33(30)39)26-12-9-21-38-23-26/h1-23H. The van der Waals surface area contributed by atoms with Crippen LogP contribution in [-0.2, 0) is 0 Å². The van der Waals surface area contributed by atoms with Gasteiger partial charge in [0, 0.05) is 34.3 Å². The molecule has 1 aliphatic heterocycles. The average molecular weight is 542 g/mol. The number of imide groups is 1. The molecule has 5 nitrogen and oxygen atoms in total. The molecule has 42 heavy (non-hydrogen) atoms. The highest BCUT2D eigenvalue weighted by Crippen LogP contribution is 2.40. The monoisotopic (exact) mass is 541 g/mol. The molecule has 5 heteroatoms. The molecule has 0 unspecified atom stereocenters. The van der Waals surface area contributed by atoms with Gasteiger partial charge < -0.3 is 4.57 Å². The third-order valence-corrected chi connectivity index (χ3v) is 8.03. The number of pyridine rings is 1. The van der Waals surface area contributed by atoms with Crippen LogP contribution in [0, 0.1) is 0 Å². The summed E-state index contributed by atoms with van der Waals surface area (Å²) in [6.07, 6.45) is 3.63. The van der Waals surface area contributed by atoms with Gasteiger partial charge in [-0.05, 0) is 53.6 Å². The van der Waals surface area contributed by atoms with Crippen LogP contribution >= 0.6 is 0 Å². The first kappa shape index (κ1) is 24.0. The quantitative estimate of drug-likeness (QED) is 0.211. The molecule has 3 heterocycles. The van der Waals surface area contributed by atoms with Crippen LogP contribution in [0.15, 0.2) is 140 Å². The van der Waals surface area contributed by atoms with Crippen LogP contribution in [0.4, 0.5) is 5.69 Å². The van der Waals surface area contributed by atoms with Crippen molar-refractivity contribution in [2.45, 2.75) is 0 Å². The topological polar surface area (TPSA) is 55.2 Å². The van der Waals surface area contributed by atoms with Gasteiger partial charge in [0.15, 0.2) is 0 Å². The van der Waals surface area contributed by atoms with Gasteiger partial charge in [0.05, 0.1) is 33.5 Å². The van der Waals surface area contributed by atoms with E-state index < -0.39 is 0 Å². The second kappa shape index (κ2) is 9.39. The molecule has 0 atom stereocenters. The van der Waals surface area contributed by atoms with Crippen molar-refractivity contribution >= 4 is 39.3 Å². The van der Waals surface area contributed by atoms with Crippen molar-refractivity contribution in [2.75, 3.05) is 4.90 Å². The van der Waals surface area contributed by atoms with Crippen LogP contribution in [-0.4, -0.2) is 21.4 Å². The fourth-order valence-corrected chi connectivity index (χ4v) is 6.15. The van der Waals surface area contributed by atoms with E-state index in [1.54, 1.807) is 12.3 Å². The lowest BCUT2D eigenvalue weighted by atomic mass is 10.0. The van der Waals surface area contributed by atoms with Crippen LogP contribution in [0.5, 0.6) is 0 Å². The molecule has 8 rings (SSSR count). The Hall–Kier alpha value is -5.81. The number of hydrogen-bond acceptors (Lipinski definition) is 3. The summed E-state index contributed by atoms with van der Waals surface area (Å²) in [6, 6.07) is 41.4. The first-order valence-electron chi connectivity index (χ1n) is 13.8. The summed E-state index contributed by atoms with van der Waals surface area (Å²) in [6.45, 7) is 0. The van der Waals surface area contributed by atoms with Crippen molar-refractivity contribution in [2.24, 2.45) is 0 Å². The van der Waals surface area contributed by atoms with Gasteiger partial charge in [-0.15, -0.1) is 0 Å². The first-order valence-corrected chi connectivity index (χ1v) is 13.8. The lowest BCUT2D eigenvalue weighted by Gasteiger charge is -2.18. The third kappa shape index (κ3) is 3.54. The lowest BCUT2D eigenvalue weighted by Crippen LogP contribution is -2.30. The molecular formula is C37H23N3O2. The molecule has 2 amide bonds. The molecule has 0 saturated carbocycles. The molecule has 0 radical (unpaired) electrons. The highest BCUT2D eigenvalue weighted by Gasteiger charge is 2.40. The number of carbonyl (C=O) groups excluding carboxylic acids is 2. The zero-order valence-corrected chi connectivity index (χ0v) is 22.4. The van der Waals surface area contributed by atoms with E-state index in [4.69, 9.17) is 0 Å². The number of benzene rings is 5. The minimum absolute atomic E-state index is 0.320. The Morgan fingerprint density at radius 1 is 0.500 bits per heavy atom. The average Bonchev–Trinajstić information content (AvgIpc) is 3.52. The molecule has 0 spiro atoms. The van der Waals surface area contributed by atoms with Crippen LogP contribution in [0.2, 0.25) is 0 Å². The highest BCUT2D eigenvalue weighted by molar-refractivity contribution is 6.36. The van der Waals surface area contributed by atoms with Gasteiger partial charge in [-0.25, -0.2) is 4.90 Å². The maximum absolute atomic E-state index is 14.3. The van der Waals surface area contributed by atoms with E-state index in [1.807, 2.05) is 97.2 Å². The van der Waals surface area contributed by atoms with Gasteiger partial charge >= 0.3 is 0 Å². The molecule has 5 aromatic carbocycles. The summed E-state index contributed by atoms with van der Waals surface area (Å²) >= 11 is 0. The second-order valence-corrected chi connectivity index (χ2v) is 10.4. The summed E-state index contributed by atoms with van der Waals surface area (Å²) < 4.78 is 2.11. The van der Waals surface area contributed by atoms with E-state index in [9.17, 15) is 9.59 Å². The number of aromatic nitrogens is 2. The molecular weight excluding hydrogens is 518 g/mol. The lowest BCUT2D eigenvalue weighted by molar-refractivity contribution is 0.0926. The van der Waals surface area contributed by atoms with Crippen molar-refractivity contribution in [1.29, 1.82) is 0 Å². The number of hydrogen-bond donors (Lipinski definition) is 0. The number of amides is 2. The summed E-state index contributed by atoms with van der Waals surface area (Å²) in [5, 5.41) is 2.13. The summed E-state index contributed by atoms with van der Waals surface area (Å²) in [5.74, 6) is -0.647. The molecule has 0 fully saturated rings. The van der Waals surface area contributed by atoms with E-state index >= 15 is 0 Å². The van der Waals surface area contributed by atoms with Crippen LogP contribution in [0.1, 0.15) is 20.7 Å². The number of rotatable bonds is 4. The molecule has 7 aromatic rings. The summed E-state index contributed by atoms with van der Waals surface area (Å²) in [4.78, 5) is 33.8. The smallest absolute Gasteiger partial charge is 0.268 e. The number of fused-ring (bicyclic) bond motifs is 4. The van der Waals surface area contributed by atoms with Crippen molar-refractivity contribution in [1.82, 2.24) is 9.55 Å². The third-order valence-electron chi connectivity index (χ3n) is 8.03. The molecule has 0 N–H and O–H groups in total. The first-order chi connectivity index (χ1) is 20.7. The zero-order valence-electron chi connectivity index (χ0n) is 22.4. The van der Waals surface area contributed by atoms with Crippen molar-refractivity contribution in [3.63, 3.8) is 0 Å². The van der Waals surface area contributed by atoms with Gasteiger partial charge in [-0.1, -0.05) is 84.9 Å². The fraction of sp³-hybridized carbons (Fsp3) is 0. The number of nitrogens with zero attached hydrogens (tertiary/aromatic N) is 3. The molecule has 1 aliphatic rings. The van der Waals surface area contributed by atoms with E-state index in [2.05, 4.69) is 39.9 Å².